The summed E-state index contributed by atoms with van der Waals surface area (Å²) in [6, 6.07) is 4.48. The van der Waals surface area contributed by atoms with Crippen LogP contribution >= 0.6 is 0 Å². The third-order valence-corrected chi connectivity index (χ3v) is 2.94. The minimum atomic E-state index is 0.591. The summed E-state index contributed by atoms with van der Waals surface area (Å²) in [5.41, 5.74) is 11.3. The van der Waals surface area contributed by atoms with Crippen LogP contribution in [0.2, 0.25) is 0 Å². The lowest BCUT2D eigenvalue weighted by Gasteiger charge is -2.10. The summed E-state index contributed by atoms with van der Waals surface area (Å²) < 4.78 is 0. The predicted molar refractivity (Wildman–Crippen MR) is 57.0 cm³/mol. The van der Waals surface area contributed by atoms with Gasteiger partial charge in [-0.25, -0.2) is 0 Å². The Balaban J connectivity index is 2.49. The van der Waals surface area contributed by atoms with Crippen LogP contribution in [-0.2, 0) is 12.8 Å². The number of hydrogen-bond donors (Lipinski definition) is 1. The number of fused-ring (bicyclic) bond motifs is 1. The molecule has 1 nitrogen and oxygen atoms in total. The van der Waals surface area contributed by atoms with Crippen LogP contribution in [0.1, 0.15) is 42.9 Å². The molecule has 1 heteroatoms. The molecule has 0 fully saturated rings. The molecule has 0 bridgehead atoms. The van der Waals surface area contributed by atoms with Gasteiger partial charge in [0.1, 0.15) is 0 Å². The van der Waals surface area contributed by atoms with Crippen LogP contribution in [0.3, 0.4) is 0 Å². The van der Waals surface area contributed by atoms with E-state index in [0.29, 0.717) is 5.92 Å². The molecule has 1 aromatic carbocycles. The van der Waals surface area contributed by atoms with Gasteiger partial charge in [-0.05, 0) is 47.9 Å². The Kier molecular flexibility index (Phi) is 2.03. The molecule has 0 saturated heterocycles. The summed E-state index contributed by atoms with van der Waals surface area (Å²) in [5.74, 6) is 0.591. The highest BCUT2D eigenvalue weighted by atomic mass is 14.6. The second-order valence-electron chi connectivity index (χ2n) is 4.26. The quantitative estimate of drug-likeness (QED) is 0.652. The van der Waals surface area contributed by atoms with E-state index in [1.54, 1.807) is 0 Å². The normalized spacial score (nSPS) is 15.0. The first-order valence-electron chi connectivity index (χ1n) is 5.09. The maximum absolute atomic E-state index is 6.01. The number of nitrogen functional groups attached to an aromatic ring is 1. The van der Waals surface area contributed by atoms with Crippen molar-refractivity contribution in [2.24, 2.45) is 0 Å². The van der Waals surface area contributed by atoms with Gasteiger partial charge in [0.2, 0.25) is 0 Å². The smallest absolute Gasteiger partial charge is 0.0352 e. The van der Waals surface area contributed by atoms with E-state index < -0.39 is 0 Å². The number of rotatable bonds is 1. The molecule has 0 radical (unpaired) electrons. The zero-order valence-electron chi connectivity index (χ0n) is 8.43. The molecule has 0 unspecified atom stereocenters. The summed E-state index contributed by atoms with van der Waals surface area (Å²) in [5, 5.41) is 0. The fourth-order valence-corrected chi connectivity index (χ4v) is 2.10. The van der Waals surface area contributed by atoms with E-state index in [4.69, 9.17) is 5.73 Å². The summed E-state index contributed by atoms with van der Waals surface area (Å²) in [4.78, 5) is 0. The van der Waals surface area contributed by atoms with E-state index in [9.17, 15) is 0 Å². The second kappa shape index (κ2) is 3.06. The van der Waals surface area contributed by atoms with Gasteiger partial charge in [0.05, 0.1) is 0 Å². The molecule has 0 heterocycles. The van der Waals surface area contributed by atoms with Crippen molar-refractivity contribution in [3.8, 4) is 0 Å². The van der Waals surface area contributed by atoms with Crippen molar-refractivity contribution in [1.82, 2.24) is 0 Å². The lowest BCUT2D eigenvalue weighted by molar-refractivity contribution is 0.863. The Morgan fingerprint density at radius 1 is 1.23 bits per heavy atom. The SMILES string of the molecule is CC(C)c1cc(N)c2c(c1)CCC2. The number of anilines is 1. The number of benzene rings is 1. The first-order valence-corrected chi connectivity index (χ1v) is 5.09. The zero-order valence-corrected chi connectivity index (χ0v) is 8.43. The van der Waals surface area contributed by atoms with Crippen LogP contribution in [0.5, 0.6) is 0 Å². The molecule has 2 rings (SSSR count). The highest BCUT2D eigenvalue weighted by Gasteiger charge is 2.15. The maximum Gasteiger partial charge on any atom is 0.0352 e. The van der Waals surface area contributed by atoms with Crippen LogP contribution in [0, 0.1) is 0 Å². The standard InChI is InChI=1S/C12H17N/c1-8(2)10-6-9-4-3-5-11(9)12(13)7-10/h6-8H,3-5,13H2,1-2H3. The van der Waals surface area contributed by atoms with Crippen molar-refractivity contribution < 1.29 is 0 Å². The van der Waals surface area contributed by atoms with Crippen molar-refractivity contribution in [1.29, 1.82) is 0 Å². The largest absolute Gasteiger partial charge is 0.398 e. The molecule has 0 saturated carbocycles. The van der Waals surface area contributed by atoms with E-state index in [0.717, 1.165) is 5.69 Å². The van der Waals surface area contributed by atoms with Crippen LogP contribution in [0.15, 0.2) is 12.1 Å². The third kappa shape index (κ3) is 1.43. The fraction of sp³-hybridized carbons (Fsp3) is 0.500. The Labute approximate surface area is 80.0 Å². The summed E-state index contributed by atoms with van der Waals surface area (Å²) in [6.07, 6.45) is 3.68. The van der Waals surface area contributed by atoms with Gasteiger partial charge in [0.25, 0.3) is 0 Å². The molecule has 0 aliphatic heterocycles. The van der Waals surface area contributed by atoms with Gasteiger partial charge in [0.15, 0.2) is 0 Å². The summed E-state index contributed by atoms with van der Waals surface area (Å²) >= 11 is 0. The van der Waals surface area contributed by atoms with Gasteiger partial charge in [-0.1, -0.05) is 19.9 Å². The predicted octanol–water partition coefficient (Wildman–Crippen LogP) is 2.88. The van der Waals surface area contributed by atoms with E-state index in [1.807, 2.05) is 0 Å². The molecule has 0 atom stereocenters. The number of nitrogens with two attached hydrogens (primary N) is 1. The van der Waals surface area contributed by atoms with Gasteiger partial charge >= 0.3 is 0 Å². The van der Waals surface area contributed by atoms with Crippen molar-refractivity contribution in [3.63, 3.8) is 0 Å². The van der Waals surface area contributed by atoms with Crippen LogP contribution < -0.4 is 5.73 Å². The zero-order chi connectivity index (χ0) is 9.42. The Morgan fingerprint density at radius 2 is 2.00 bits per heavy atom. The minimum Gasteiger partial charge on any atom is -0.398 e. The van der Waals surface area contributed by atoms with E-state index in [2.05, 4.69) is 26.0 Å². The third-order valence-electron chi connectivity index (χ3n) is 2.94. The first-order chi connectivity index (χ1) is 6.18. The van der Waals surface area contributed by atoms with E-state index in [-0.39, 0.29) is 0 Å². The average molecular weight is 175 g/mol. The first kappa shape index (κ1) is 8.61. The van der Waals surface area contributed by atoms with E-state index >= 15 is 0 Å². The van der Waals surface area contributed by atoms with Gasteiger partial charge in [-0.2, -0.15) is 0 Å². The molecule has 0 spiro atoms. The van der Waals surface area contributed by atoms with Crippen LogP contribution in [0.25, 0.3) is 0 Å². The molecular formula is C12H17N. The molecule has 2 N–H and O–H groups in total. The topological polar surface area (TPSA) is 26.0 Å². The molecule has 0 amide bonds. The molecule has 1 aliphatic rings. The lowest BCUT2D eigenvalue weighted by atomic mass is 9.97. The fourth-order valence-electron chi connectivity index (χ4n) is 2.10. The minimum absolute atomic E-state index is 0.591. The lowest BCUT2D eigenvalue weighted by Crippen LogP contribution is -1.97. The van der Waals surface area contributed by atoms with E-state index in [1.165, 1.54) is 36.0 Å². The van der Waals surface area contributed by atoms with Crippen molar-refractivity contribution in [2.45, 2.75) is 39.0 Å². The number of aryl methyl sites for hydroxylation is 1. The van der Waals surface area contributed by atoms with Gasteiger partial charge in [0, 0.05) is 5.69 Å². The molecule has 0 aromatic heterocycles. The highest BCUT2D eigenvalue weighted by molar-refractivity contribution is 5.55. The van der Waals surface area contributed by atoms with Gasteiger partial charge in [-0.3, -0.25) is 0 Å². The molecular weight excluding hydrogens is 158 g/mol. The van der Waals surface area contributed by atoms with Gasteiger partial charge < -0.3 is 5.73 Å². The monoisotopic (exact) mass is 175 g/mol. The Bertz CT molecular complexity index is 326. The van der Waals surface area contributed by atoms with Crippen molar-refractivity contribution in [2.75, 3.05) is 5.73 Å². The molecule has 1 aromatic rings. The van der Waals surface area contributed by atoms with Crippen molar-refractivity contribution >= 4 is 5.69 Å². The van der Waals surface area contributed by atoms with Crippen molar-refractivity contribution in [3.05, 3.63) is 28.8 Å². The van der Waals surface area contributed by atoms with Crippen LogP contribution in [-0.4, -0.2) is 0 Å². The van der Waals surface area contributed by atoms with Gasteiger partial charge in [-0.15, -0.1) is 0 Å². The Morgan fingerprint density at radius 3 is 2.69 bits per heavy atom. The average Bonchev–Trinajstić information content (AvgIpc) is 2.51. The molecule has 1 aliphatic carbocycles. The molecule has 13 heavy (non-hydrogen) atoms. The molecule has 70 valence electrons. The maximum atomic E-state index is 6.01. The van der Waals surface area contributed by atoms with Crippen LogP contribution in [0.4, 0.5) is 5.69 Å². The summed E-state index contributed by atoms with van der Waals surface area (Å²) in [6.45, 7) is 4.44. The number of hydrogen-bond acceptors (Lipinski definition) is 1. The summed E-state index contributed by atoms with van der Waals surface area (Å²) in [7, 11) is 0. The highest BCUT2D eigenvalue weighted by Crippen LogP contribution is 2.30. The second-order valence-corrected chi connectivity index (χ2v) is 4.26. The Hall–Kier alpha value is -0.980.